The Morgan fingerprint density at radius 1 is 1.58 bits per heavy atom. The molecule has 0 aliphatic rings. The van der Waals surface area contributed by atoms with Gasteiger partial charge in [-0.25, -0.2) is 4.98 Å². The molecule has 0 saturated heterocycles. The van der Waals surface area contributed by atoms with Gasteiger partial charge < -0.3 is 9.88 Å². The number of aromatic nitrogens is 6. The molecule has 0 aliphatic carbocycles. The van der Waals surface area contributed by atoms with Crippen LogP contribution in [0.15, 0.2) is 18.7 Å². The van der Waals surface area contributed by atoms with Crippen molar-refractivity contribution in [2.24, 2.45) is 0 Å². The average Bonchev–Trinajstić information content (AvgIpc) is 3.09. The SMILES string of the molecule is CCCC(CC(=O)NCc1nn[nH]n1)n1ccnc1. The van der Waals surface area contributed by atoms with E-state index in [1.165, 1.54) is 0 Å². The van der Waals surface area contributed by atoms with E-state index in [2.05, 4.69) is 37.8 Å². The summed E-state index contributed by atoms with van der Waals surface area (Å²) in [6.07, 6.45) is 7.72. The smallest absolute Gasteiger partial charge is 0.222 e. The van der Waals surface area contributed by atoms with Crippen molar-refractivity contribution >= 4 is 5.91 Å². The van der Waals surface area contributed by atoms with Crippen molar-refractivity contribution in [1.82, 2.24) is 35.5 Å². The van der Waals surface area contributed by atoms with Gasteiger partial charge in [0, 0.05) is 24.9 Å². The number of aromatic amines is 1. The Kier molecular flexibility index (Phi) is 4.60. The van der Waals surface area contributed by atoms with Crippen molar-refractivity contribution in [2.75, 3.05) is 0 Å². The van der Waals surface area contributed by atoms with Gasteiger partial charge in [0.15, 0.2) is 5.82 Å². The number of H-pyrrole nitrogens is 1. The predicted molar refractivity (Wildman–Crippen MR) is 66.8 cm³/mol. The minimum Gasteiger partial charge on any atom is -0.349 e. The number of rotatable bonds is 7. The number of hydrogen-bond donors (Lipinski definition) is 2. The van der Waals surface area contributed by atoms with Crippen molar-refractivity contribution in [3.8, 4) is 0 Å². The molecule has 8 nitrogen and oxygen atoms in total. The van der Waals surface area contributed by atoms with Crippen LogP contribution in [0.3, 0.4) is 0 Å². The number of carbonyl (C=O) groups is 1. The maximum atomic E-state index is 11.9. The van der Waals surface area contributed by atoms with Gasteiger partial charge in [-0.05, 0) is 6.42 Å². The second-order valence-electron chi connectivity index (χ2n) is 4.26. The molecule has 102 valence electrons. The molecule has 2 N–H and O–H groups in total. The van der Waals surface area contributed by atoms with Crippen LogP contribution in [0.2, 0.25) is 0 Å². The lowest BCUT2D eigenvalue weighted by molar-refractivity contribution is -0.122. The Bertz CT molecular complexity index is 479. The van der Waals surface area contributed by atoms with Gasteiger partial charge in [0.2, 0.25) is 5.91 Å². The van der Waals surface area contributed by atoms with Crippen LogP contribution in [0.1, 0.15) is 38.1 Å². The summed E-state index contributed by atoms with van der Waals surface area (Å²) in [5, 5.41) is 16.1. The first-order valence-electron chi connectivity index (χ1n) is 6.26. The van der Waals surface area contributed by atoms with E-state index in [1.807, 2.05) is 10.8 Å². The third-order valence-corrected chi connectivity index (χ3v) is 2.82. The molecule has 0 bridgehead atoms. The normalized spacial score (nSPS) is 12.3. The van der Waals surface area contributed by atoms with Crippen LogP contribution in [0.25, 0.3) is 0 Å². The number of imidazole rings is 1. The summed E-state index contributed by atoms with van der Waals surface area (Å²) in [5.41, 5.74) is 0. The van der Waals surface area contributed by atoms with Crippen LogP contribution >= 0.6 is 0 Å². The summed E-state index contributed by atoms with van der Waals surface area (Å²) in [6.45, 7) is 2.39. The fourth-order valence-corrected chi connectivity index (χ4v) is 1.90. The minimum atomic E-state index is -0.0306. The first-order valence-corrected chi connectivity index (χ1v) is 6.26. The highest BCUT2D eigenvalue weighted by molar-refractivity contribution is 5.76. The monoisotopic (exact) mass is 263 g/mol. The van der Waals surface area contributed by atoms with E-state index in [1.54, 1.807) is 12.5 Å². The summed E-state index contributed by atoms with van der Waals surface area (Å²) in [6, 6.07) is 0.137. The molecule has 2 heterocycles. The lowest BCUT2D eigenvalue weighted by Gasteiger charge is -2.17. The molecule has 8 heteroatoms. The van der Waals surface area contributed by atoms with Gasteiger partial charge in [0.25, 0.3) is 0 Å². The highest BCUT2D eigenvalue weighted by atomic mass is 16.1. The number of hydrogen-bond acceptors (Lipinski definition) is 5. The first-order chi connectivity index (χ1) is 9.29. The van der Waals surface area contributed by atoms with E-state index < -0.39 is 0 Å². The first kappa shape index (κ1) is 13.2. The fraction of sp³-hybridized carbons (Fsp3) is 0.545. The molecule has 1 unspecified atom stereocenters. The maximum absolute atomic E-state index is 11.9. The molecule has 0 radical (unpaired) electrons. The number of amides is 1. The van der Waals surface area contributed by atoms with Gasteiger partial charge in [0.05, 0.1) is 12.9 Å². The summed E-state index contributed by atoms with van der Waals surface area (Å²) in [4.78, 5) is 15.9. The number of tetrazole rings is 1. The molecule has 0 saturated carbocycles. The van der Waals surface area contributed by atoms with Gasteiger partial charge in [-0.1, -0.05) is 18.6 Å². The maximum Gasteiger partial charge on any atom is 0.222 e. The summed E-state index contributed by atoms with van der Waals surface area (Å²) in [5.74, 6) is 0.444. The molecule has 1 amide bonds. The standard InChI is InChI=1S/C11H17N7O/c1-2-3-9(18-5-4-12-8-18)6-11(19)13-7-10-14-16-17-15-10/h4-5,8-9H,2-3,6-7H2,1H3,(H,13,19)(H,14,15,16,17). The topological polar surface area (TPSA) is 101 Å². The Labute approximate surface area is 110 Å². The zero-order valence-electron chi connectivity index (χ0n) is 10.8. The summed E-state index contributed by atoms with van der Waals surface area (Å²) < 4.78 is 1.97. The number of nitrogens with one attached hydrogen (secondary N) is 2. The highest BCUT2D eigenvalue weighted by Gasteiger charge is 2.14. The summed E-state index contributed by atoms with van der Waals surface area (Å²) >= 11 is 0. The Balaban J connectivity index is 1.85. The second-order valence-corrected chi connectivity index (χ2v) is 4.26. The molecule has 19 heavy (non-hydrogen) atoms. The zero-order chi connectivity index (χ0) is 13.5. The zero-order valence-corrected chi connectivity index (χ0v) is 10.8. The molecule has 0 fully saturated rings. The van der Waals surface area contributed by atoms with Crippen LogP contribution in [0, 0.1) is 0 Å². The van der Waals surface area contributed by atoms with E-state index in [-0.39, 0.29) is 18.5 Å². The van der Waals surface area contributed by atoms with Crippen molar-refractivity contribution in [2.45, 2.75) is 38.8 Å². The molecule has 2 rings (SSSR count). The second kappa shape index (κ2) is 6.62. The molecular weight excluding hydrogens is 246 g/mol. The molecule has 2 aromatic rings. The predicted octanol–water partition coefficient (Wildman–Crippen LogP) is 0.444. The lowest BCUT2D eigenvalue weighted by Crippen LogP contribution is -2.26. The number of nitrogens with zero attached hydrogens (tertiary/aromatic N) is 5. The summed E-state index contributed by atoms with van der Waals surface area (Å²) in [7, 11) is 0. The minimum absolute atomic E-state index is 0.0306. The van der Waals surface area contributed by atoms with E-state index in [4.69, 9.17) is 0 Å². The van der Waals surface area contributed by atoms with E-state index in [9.17, 15) is 4.79 Å². The molecule has 0 spiro atoms. The van der Waals surface area contributed by atoms with Gasteiger partial charge in [-0.3, -0.25) is 4.79 Å². The van der Waals surface area contributed by atoms with E-state index in [0.29, 0.717) is 12.2 Å². The van der Waals surface area contributed by atoms with Crippen LogP contribution in [0.5, 0.6) is 0 Å². The molecular formula is C11H17N7O. The van der Waals surface area contributed by atoms with Crippen LogP contribution in [0.4, 0.5) is 0 Å². The quantitative estimate of drug-likeness (QED) is 0.755. The molecule has 0 aromatic carbocycles. The van der Waals surface area contributed by atoms with Crippen molar-refractivity contribution in [1.29, 1.82) is 0 Å². The van der Waals surface area contributed by atoms with Crippen LogP contribution < -0.4 is 5.32 Å². The van der Waals surface area contributed by atoms with Crippen molar-refractivity contribution in [3.63, 3.8) is 0 Å². The average molecular weight is 263 g/mol. The van der Waals surface area contributed by atoms with Gasteiger partial charge in [-0.15, -0.1) is 10.2 Å². The largest absolute Gasteiger partial charge is 0.349 e. The van der Waals surface area contributed by atoms with Crippen molar-refractivity contribution in [3.05, 3.63) is 24.5 Å². The molecule has 0 aliphatic heterocycles. The third-order valence-electron chi connectivity index (χ3n) is 2.82. The van der Waals surface area contributed by atoms with Gasteiger partial charge in [-0.2, -0.15) is 5.21 Å². The van der Waals surface area contributed by atoms with Gasteiger partial charge in [0.1, 0.15) is 0 Å². The van der Waals surface area contributed by atoms with Crippen molar-refractivity contribution < 1.29 is 4.79 Å². The van der Waals surface area contributed by atoms with Crippen LogP contribution in [-0.2, 0) is 11.3 Å². The molecule has 1 atom stereocenters. The van der Waals surface area contributed by atoms with E-state index in [0.717, 1.165) is 12.8 Å². The molecule has 2 aromatic heterocycles. The number of carbonyl (C=O) groups excluding carboxylic acids is 1. The highest BCUT2D eigenvalue weighted by Crippen LogP contribution is 2.17. The Hall–Kier alpha value is -2.25. The fourth-order valence-electron chi connectivity index (χ4n) is 1.90. The van der Waals surface area contributed by atoms with E-state index >= 15 is 0 Å². The van der Waals surface area contributed by atoms with Gasteiger partial charge >= 0.3 is 0 Å². The van der Waals surface area contributed by atoms with Crippen LogP contribution in [-0.4, -0.2) is 36.1 Å². The lowest BCUT2D eigenvalue weighted by atomic mass is 10.1. The third kappa shape index (κ3) is 3.87. The Morgan fingerprint density at radius 2 is 2.47 bits per heavy atom. The Morgan fingerprint density at radius 3 is 3.11 bits per heavy atom.